The normalized spacial score (nSPS) is 12.5. The molecule has 1 aromatic heterocycles. The Morgan fingerprint density at radius 1 is 1.77 bits per heavy atom. The summed E-state index contributed by atoms with van der Waals surface area (Å²) in [4.78, 5) is 15.2. The molecule has 6 heteroatoms. The number of aromatic nitrogens is 2. The summed E-state index contributed by atoms with van der Waals surface area (Å²) in [5.41, 5.74) is 5.52. The average molecular weight is 200 g/mol. The summed E-state index contributed by atoms with van der Waals surface area (Å²) in [6.45, 7) is 3.63. The largest absolute Gasteiger partial charge is 0.320 e. The molecule has 1 heterocycles. The van der Waals surface area contributed by atoms with Crippen molar-refractivity contribution < 1.29 is 4.79 Å². The van der Waals surface area contributed by atoms with Gasteiger partial charge >= 0.3 is 0 Å². The SMILES string of the molecule is CCC(N)C(=O)Nc1nc(C)ns1. The minimum Gasteiger partial charge on any atom is -0.320 e. The Labute approximate surface area is 80.5 Å². The molecule has 3 N–H and O–H groups in total. The van der Waals surface area contributed by atoms with Crippen LogP contribution in [0.1, 0.15) is 19.2 Å². The molecule has 0 spiro atoms. The molecule has 0 saturated carbocycles. The van der Waals surface area contributed by atoms with Gasteiger partial charge < -0.3 is 5.73 Å². The maximum atomic E-state index is 11.3. The fraction of sp³-hybridized carbons (Fsp3) is 0.571. The van der Waals surface area contributed by atoms with Gasteiger partial charge in [-0.2, -0.15) is 4.37 Å². The fourth-order valence-electron chi connectivity index (χ4n) is 0.731. The van der Waals surface area contributed by atoms with Crippen molar-refractivity contribution in [2.24, 2.45) is 5.73 Å². The lowest BCUT2D eigenvalue weighted by molar-refractivity contribution is -0.117. The first-order valence-electron chi connectivity index (χ1n) is 4.00. The summed E-state index contributed by atoms with van der Waals surface area (Å²) in [6.07, 6.45) is 0.615. The van der Waals surface area contributed by atoms with Gasteiger partial charge in [-0.3, -0.25) is 10.1 Å². The van der Waals surface area contributed by atoms with E-state index in [0.29, 0.717) is 17.4 Å². The Balaban J connectivity index is 2.54. The van der Waals surface area contributed by atoms with Crippen LogP contribution in [-0.4, -0.2) is 21.3 Å². The zero-order valence-corrected chi connectivity index (χ0v) is 8.39. The highest BCUT2D eigenvalue weighted by atomic mass is 32.1. The molecule has 1 amide bonds. The third-order valence-electron chi connectivity index (χ3n) is 1.53. The first kappa shape index (κ1) is 10.1. The zero-order valence-electron chi connectivity index (χ0n) is 7.57. The van der Waals surface area contributed by atoms with Gasteiger partial charge in [0.05, 0.1) is 6.04 Å². The van der Waals surface area contributed by atoms with Crippen molar-refractivity contribution in [1.82, 2.24) is 9.36 Å². The second-order valence-corrected chi connectivity index (χ2v) is 3.40. The number of nitrogens with zero attached hydrogens (tertiary/aromatic N) is 2. The summed E-state index contributed by atoms with van der Waals surface area (Å²) in [6, 6.07) is -0.468. The van der Waals surface area contributed by atoms with E-state index in [1.807, 2.05) is 6.92 Å². The molecule has 1 atom stereocenters. The first-order chi connectivity index (χ1) is 6.13. The number of amides is 1. The van der Waals surface area contributed by atoms with Crippen LogP contribution < -0.4 is 11.1 Å². The third kappa shape index (κ3) is 2.74. The van der Waals surface area contributed by atoms with Gasteiger partial charge in [-0.1, -0.05) is 6.92 Å². The van der Waals surface area contributed by atoms with Crippen molar-refractivity contribution in [2.75, 3.05) is 5.32 Å². The Kier molecular flexibility index (Phi) is 3.32. The molecule has 13 heavy (non-hydrogen) atoms. The van der Waals surface area contributed by atoms with E-state index in [0.717, 1.165) is 11.5 Å². The van der Waals surface area contributed by atoms with Gasteiger partial charge in [0.1, 0.15) is 5.82 Å². The lowest BCUT2D eigenvalue weighted by Gasteiger charge is -2.06. The predicted molar refractivity (Wildman–Crippen MR) is 51.5 cm³/mol. The van der Waals surface area contributed by atoms with Gasteiger partial charge in [-0.05, 0) is 13.3 Å². The third-order valence-corrected chi connectivity index (χ3v) is 2.26. The average Bonchev–Trinajstić information content (AvgIpc) is 2.49. The molecular formula is C7H12N4OS. The highest BCUT2D eigenvalue weighted by molar-refractivity contribution is 7.09. The zero-order chi connectivity index (χ0) is 9.84. The number of nitrogens with two attached hydrogens (primary N) is 1. The van der Waals surface area contributed by atoms with Crippen LogP contribution in [0.4, 0.5) is 5.13 Å². The molecular weight excluding hydrogens is 188 g/mol. The van der Waals surface area contributed by atoms with Crippen LogP contribution in [0, 0.1) is 6.92 Å². The maximum Gasteiger partial charge on any atom is 0.243 e. The number of nitrogens with one attached hydrogen (secondary N) is 1. The lowest BCUT2D eigenvalue weighted by Crippen LogP contribution is -2.34. The number of hydrogen-bond donors (Lipinski definition) is 2. The quantitative estimate of drug-likeness (QED) is 0.745. The first-order valence-corrected chi connectivity index (χ1v) is 4.77. The van der Waals surface area contributed by atoms with E-state index >= 15 is 0 Å². The van der Waals surface area contributed by atoms with E-state index < -0.39 is 6.04 Å². The molecule has 0 radical (unpaired) electrons. The topological polar surface area (TPSA) is 80.9 Å². The van der Waals surface area contributed by atoms with Crippen LogP contribution in [0.15, 0.2) is 0 Å². The number of carbonyl (C=O) groups is 1. The van der Waals surface area contributed by atoms with E-state index in [1.165, 1.54) is 0 Å². The van der Waals surface area contributed by atoms with Gasteiger partial charge in [-0.15, -0.1) is 0 Å². The molecule has 72 valence electrons. The molecule has 0 fully saturated rings. The van der Waals surface area contributed by atoms with E-state index in [-0.39, 0.29) is 5.91 Å². The Bertz CT molecular complexity index is 298. The number of hydrogen-bond acceptors (Lipinski definition) is 5. The molecule has 0 aliphatic carbocycles. The molecule has 5 nitrogen and oxygen atoms in total. The van der Waals surface area contributed by atoms with Crippen molar-refractivity contribution in [3.05, 3.63) is 5.82 Å². The van der Waals surface area contributed by atoms with Gasteiger partial charge in [0.15, 0.2) is 0 Å². The molecule has 1 aromatic rings. The maximum absolute atomic E-state index is 11.3. The van der Waals surface area contributed by atoms with Crippen LogP contribution in [-0.2, 0) is 4.79 Å². The standard InChI is InChI=1S/C7H12N4OS/c1-3-5(8)6(12)10-7-9-4(2)11-13-7/h5H,3,8H2,1-2H3,(H,9,10,11,12). The van der Waals surface area contributed by atoms with Crippen LogP contribution in [0.25, 0.3) is 0 Å². The van der Waals surface area contributed by atoms with Crippen LogP contribution in [0.2, 0.25) is 0 Å². The van der Waals surface area contributed by atoms with E-state index in [1.54, 1.807) is 6.92 Å². The fourth-order valence-corrected chi connectivity index (χ4v) is 1.31. The number of aryl methyl sites for hydroxylation is 1. The summed E-state index contributed by atoms with van der Waals surface area (Å²) in [5, 5.41) is 3.10. The van der Waals surface area contributed by atoms with E-state index in [9.17, 15) is 4.79 Å². The minimum absolute atomic E-state index is 0.210. The van der Waals surface area contributed by atoms with E-state index in [2.05, 4.69) is 14.7 Å². The van der Waals surface area contributed by atoms with Crippen molar-refractivity contribution in [3.63, 3.8) is 0 Å². The number of rotatable bonds is 3. The second kappa shape index (κ2) is 4.29. The Morgan fingerprint density at radius 3 is 2.92 bits per heavy atom. The van der Waals surface area contributed by atoms with Crippen molar-refractivity contribution in [3.8, 4) is 0 Å². The lowest BCUT2D eigenvalue weighted by atomic mass is 10.2. The molecule has 1 unspecified atom stereocenters. The van der Waals surface area contributed by atoms with Crippen LogP contribution in [0.3, 0.4) is 0 Å². The molecule has 1 rings (SSSR count). The van der Waals surface area contributed by atoms with Gasteiger partial charge in [0, 0.05) is 11.5 Å². The van der Waals surface area contributed by atoms with Gasteiger partial charge in [0.25, 0.3) is 0 Å². The molecule has 0 aliphatic rings. The van der Waals surface area contributed by atoms with Crippen molar-refractivity contribution in [2.45, 2.75) is 26.3 Å². The number of anilines is 1. The summed E-state index contributed by atoms with van der Waals surface area (Å²) in [5.74, 6) is 0.448. The predicted octanol–water partition coefficient (Wildman–Crippen LogP) is 0.522. The summed E-state index contributed by atoms with van der Waals surface area (Å²) >= 11 is 1.16. The van der Waals surface area contributed by atoms with Crippen molar-refractivity contribution in [1.29, 1.82) is 0 Å². The summed E-state index contributed by atoms with van der Waals surface area (Å²) < 4.78 is 3.93. The molecule has 0 aromatic carbocycles. The smallest absolute Gasteiger partial charge is 0.243 e. The monoisotopic (exact) mass is 200 g/mol. The Morgan fingerprint density at radius 2 is 2.46 bits per heavy atom. The number of carbonyl (C=O) groups excluding carboxylic acids is 1. The molecule has 0 saturated heterocycles. The van der Waals surface area contributed by atoms with Crippen LogP contribution >= 0.6 is 11.5 Å². The molecule has 0 bridgehead atoms. The van der Waals surface area contributed by atoms with Crippen LogP contribution in [0.5, 0.6) is 0 Å². The summed E-state index contributed by atoms with van der Waals surface area (Å²) in [7, 11) is 0. The van der Waals surface area contributed by atoms with E-state index in [4.69, 9.17) is 5.73 Å². The van der Waals surface area contributed by atoms with Gasteiger partial charge in [-0.25, -0.2) is 4.98 Å². The molecule has 0 aliphatic heterocycles. The van der Waals surface area contributed by atoms with Crippen molar-refractivity contribution >= 4 is 22.6 Å². The Hall–Kier alpha value is -1.01. The second-order valence-electron chi connectivity index (χ2n) is 2.65. The highest BCUT2D eigenvalue weighted by Gasteiger charge is 2.12. The minimum atomic E-state index is -0.468. The van der Waals surface area contributed by atoms with Gasteiger partial charge in [0.2, 0.25) is 11.0 Å². The highest BCUT2D eigenvalue weighted by Crippen LogP contribution is 2.10.